The van der Waals surface area contributed by atoms with Gasteiger partial charge in [-0.05, 0) is 11.4 Å². The number of nitrogens with one attached hydrogen (secondary N) is 1. The molecule has 1 aromatic rings. The monoisotopic (exact) mass is 298 g/mol. The topological polar surface area (TPSA) is 67.9 Å². The third-order valence-corrected chi connectivity index (χ3v) is 4.10. The molecule has 6 nitrogen and oxygen atoms in total. The Kier molecular flexibility index (Phi) is 5.11. The first kappa shape index (κ1) is 15.0. The van der Waals surface area contributed by atoms with E-state index < -0.39 is 6.29 Å². The molecule has 1 aliphatic rings. The zero-order valence-corrected chi connectivity index (χ0v) is 12.3. The normalized spacial score (nSPS) is 15.2. The van der Waals surface area contributed by atoms with Crippen molar-refractivity contribution in [1.82, 2.24) is 10.2 Å². The number of thiophene rings is 1. The lowest BCUT2D eigenvalue weighted by Crippen LogP contribution is -2.56. The molecule has 20 heavy (non-hydrogen) atoms. The standard InChI is InChI=1S/C13H18N2O4S/c1-18-11(19-2)6-14-12(16)9-7-15(8-9)13(17)10-4-3-5-20-10/h3-5,9,11H,6-8H2,1-2H3,(H,14,16). The number of ether oxygens (including phenoxy) is 2. The maximum atomic E-state index is 12.0. The van der Waals surface area contributed by atoms with Gasteiger partial charge in [-0.1, -0.05) is 6.07 Å². The van der Waals surface area contributed by atoms with Crippen molar-refractivity contribution >= 4 is 23.2 Å². The predicted molar refractivity (Wildman–Crippen MR) is 74.5 cm³/mol. The Morgan fingerprint density at radius 3 is 2.70 bits per heavy atom. The fourth-order valence-electron chi connectivity index (χ4n) is 1.96. The van der Waals surface area contributed by atoms with Crippen LogP contribution >= 0.6 is 11.3 Å². The number of carbonyl (C=O) groups is 2. The SMILES string of the molecule is COC(CNC(=O)C1CN(C(=O)c2cccs2)C1)OC. The van der Waals surface area contributed by atoms with Crippen molar-refractivity contribution in [1.29, 1.82) is 0 Å². The van der Waals surface area contributed by atoms with E-state index in [0.717, 1.165) is 0 Å². The van der Waals surface area contributed by atoms with Crippen LogP contribution in [0.25, 0.3) is 0 Å². The molecule has 0 radical (unpaired) electrons. The lowest BCUT2D eigenvalue weighted by Gasteiger charge is -2.38. The Labute approximate surface area is 121 Å². The highest BCUT2D eigenvalue weighted by atomic mass is 32.1. The highest BCUT2D eigenvalue weighted by Gasteiger charge is 2.36. The van der Waals surface area contributed by atoms with Crippen LogP contribution in [0.2, 0.25) is 0 Å². The number of hydrogen-bond donors (Lipinski definition) is 1. The molecule has 0 aliphatic carbocycles. The Hall–Kier alpha value is -1.44. The Bertz CT molecular complexity index is 453. The summed E-state index contributed by atoms with van der Waals surface area (Å²) in [5, 5.41) is 4.62. The van der Waals surface area contributed by atoms with Crippen molar-refractivity contribution in [2.45, 2.75) is 6.29 Å². The molecule has 7 heteroatoms. The van der Waals surface area contributed by atoms with E-state index in [9.17, 15) is 9.59 Å². The van der Waals surface area contributed by atoms with Crippen LogP contribution in [0.4, 0.5) is 0 Å². The fraction of sp³-hybridized carbons (Fsp3) is 0.538. The van der Waals surface area contributed by atoms with E-state index in [1.165, 1.54) is 25.6 Å². The highest BCUT2D eigenvalue weighted by Crippen LogP contribution is 2.21. The molecular weight excluding hydrogens is 280 g/mol. The molecule has 1 saturated heterocycles. The largest absolute Gasteiger partial charge is 0.354 e. The van der Waals surface area contributed by atoms with Crippen LogP contribution in [0, 0.1) is 5.92 Å². The van der Waals surface area contributed by atoms with Crippen LogP contribution in [0.15, 0.2) is 17.5 Å². The van der Waals surface area contributed by atoms with E-state index in [1.54, 1.807) is 11.0 Å². The van der Waals surface area contributed by atoms with Crippen LogP contribution < -0.4 is 5.32 Å². The molecule has 2 heterocycles. The van der Waals surface area contributed by atoms with Crippen LogP contribution in [0.3, 0.4) is 0 Å². The summed E-state index contributed by atoms with van der Waals surface area (Å²) >= 11 is 1.41. The van der Waals surface area contributed by atoms with E-state index in [4.69, 9.17) is 9.47 Å². The third-order valence-electron chi connectivity index (χ3n) is 3.24. The van der Waals surface area contributed by atoms with Gasteiger partial charge in [0.1, 0.15) is 0 Å². The van der Waals surface area contributed by atoms with Crippen LogP contribution in [0.1, 0.15) is 9.67 Å². The van der Waals surface area contributed by atoms with Gasteiger partial charge in [0.25, 0.3) is 5.91 Å². The molecule has 2 amide bonds. The molecule has 0 bridgehead atoms. The first-order valence-corrected chi connectivity index (χ1v) is 7.19. The van der Waals surface area contributed by atoms with Crippen molar-refractivity contribution in [2.24, 2.45) is 5.92 Å². The fourth-order valence-corrected chi connectivity index (χ4v) is 2.65. The minimum Gasteiger partial charge on any atom is -0.354 e. The van der Waals surface area contributed by atoms with Gasteiger partial charge < -0.3 is 19.7 Å². The average Bonchev–Trinajstić information content (AvgIpc) is 2.92. The van der Waals surface area contributed by atoms with E-state index in [-0.39, 0.29) is 17.7 Å². The van der Waals surface area contributed by atoms with Gasteiger partial charge in [0.2, 0.25) is 5.91 Å². The number of hydrogen-bond acceptors (Lipinski definition) is 5. The van der Waals surface area contributed by atoms with Crippen LogP contribution in [-0.4, -0.2) is 56.9 Å². The van der Waals surface area contributed by atoms with Gasteiger partial charge in [-0.2, -0.15) is 0 Å². The van der Waals surface area contributed by atoms with Crippen molar-refractivity contribution < 1.29 is 19.1 Å². The van der Waals surface area contributed by atoms with E-state index >= 15 is 0 Å². The molecule has 110 valence electrons. The van der Waals surface area contributed by atoms with Gasteiger partial charge in [-0.3, -0.25) is 9.59 Å². The lowest BCUT2D eigenvalue weighted by atomic mass is 9.99. The van der Waals surface area contributed by atoms with Gasteiger partial charge in [-0.25, -0.2) is 0 Å². The zero-order valence-electron chi connectivity index (χ0n) is 11.5. The summed E-state index contributed by atoms with van der Waals surface area (Å²) < 4.78 is 9.98. The van der Waals surface area contributed by atoms with Crippen molar-refractivity contribution in [2.75, 3.05) is 33.9 Å². The molecule has 0 saturated carbocycles. The summed E-state index contributed by atoms with van der Waals surface area (Å²) in [6.45, 7) is 1.24. The first-order valence-electron chi connectivity index (χ1n) is 6.31. The highest BCUT2D eigenvalue weighted by molar-refractivity contribution is 7.12. The third kappa shape index (κ3) is 3.36. The minimum atomic E-state index is -0.442. The maximum Gasteiger partial charge on any atom is 0.263 e. The molecule has 0 unspecified atom stereocenters. The molecule has 0 spiro atoms. The molecular formula is C13H18N2O4S. The Morgan fingerprint density at radius 1 is 1.45 bits per heavy atom. The number of likely N-dealkylation sites (tertiary alicyclic amines) is 1. The van der Waals surface area contributed by atoms with E-state index in [0.29, 0.717) is 24.5 Å². The summed E-state index contributed by atoms with van der Waals surface area (Å²) in [5.74, 6) is -0.219. The molecule has 2 rings (SSSR count). The maximum absolute atomic E-state index is 12.0. The quantitative estimate of drug-likeness (QED) is 0.779. The molecule has 1 aliphatic heterocycles. The van der Waals surface area contributed by atoms with Crippen LogP contribution in [0.5, 0.6) is 0 Å². The second-order valence-electron chi connectivity index (χ2n) is 4.53. The van der Waals surface area contributed by atoms with Crippen molar-refractivity contribution in [3.8, 4) is 0 Å². The van der Waals surface area contributed by atoms with Gasteiger partial charge in [0.05, 0.1) is 17.3 Å². The summed E-state index contributed by atoms with van der Waals surface area (Å²) in [5.41, 5.74) is 0. The zero-order chi connectivity index (χ0) is 14.5. The molecule has 1 aromatic heterocycles. The van der Waals surface area contributed by atoms with Gasteiger partial charge in [0.15, 0.2) is 6.29 Å². The van der Waals surface area contributed by atoms with Crippen LogP contribution in [-0.2, 0) is 14.3 Å². The Morgan fingerprint density at radius 2 is 2.15 bits per heavy atom. The molecule has 1 N–H and O–H groups in total. The van der Waals surface area contributed by atoms with Gasteiger partial charge in [0, 0.05) is 27.3 Å². The number of methoxy groups -OCH3 is 2. The van der Waals surface area contributed by atoms with E-state index in [2.05, 4.69) is 5.32 Å². The predicted octanol–water partition coefficient (Wildman–Crippen LogP) is 0.555. The van der Waals surface area contributed by atoms with Crippen molar-refractivity contribution in [3.05, 3.63) is 22.4 Å². The Balaban J connectivity index is 1.73. The summed E-state index contributed by atoms with van der Waals surface area (Å²) in [6.07, 6.45) is -0.442. The summed E-state index contributed by atoms with van der Waals surface area (Å²) in [4.78, 5) is 26.2. The molecule has 0 atom stereocenters. The lowest BCUT2D eigenvalue weighted by molar-refractivity contribution is -0.134. The average molecular weight is 298 g/mol. The first-order chi connectivity index (χ1) is 9.65. The number of amides is 2. The summed E-state index contributed by atoms with van der Waals surface area (Å²) in [6, 6.07) is 3.64. The second-order valence-corrected chi connectivity index (χ2v) is 5.48. The number of carbonyl (C=O) groups excluding carboxylic acids is 2. The molecule has 1 fully saturated rings. The van der Waals surface area contributed by atoms with Gasteiger partial charge >= 0.3 is 0 Å². The molecule has 0 aromatic carbocycles. The number of nitrogens with zero attached hydrogens (tertiary/aromatic N) is 1. The summed E-state index contributed by atoms with van der Waals surface area (Å²) in [7, 11) is 3.04. The smallest absolute Gasteiger partial charge is 0.263 e. The second kappa shape index (κ2) is 6.83. The number of rotatable bonds is 6. The van der Waals surface area contributed by atoms with E-state index in [1.807, 2.05) is 11.4 Å². The minimum absolute atomic E-state index is 0.00397. The van der Waals surface area contributed by atoms with Crippen molar-refractivity contribution in [3.63, 3.8) is 0 Å². The van der Waals surface area contributed by atoms with Gasteiger partial charge in [-0.15, -0.1) is 11.3 Å².